The summed E-state index contributed by atoms with van der Waals surface area (Å²) in [5, 5.41) is 7.27. The molecule has 1 aliphatic rings. The van der Waals surface area contributed by atoms with Gasteiger partial charge < -0.3 is 15.6 Å². The van der Waals surface area contributed by atoms with Crippen molar-refractivity contribution in [2.75, 3.05) is 6.54 Å². The molecule has 0 atom stereocenters. The topological polar surface area (TPSA) is 89.3 Å². The third-order valence-electron chi connectivity index (χ3n) is 3.82. The number of hydrogen-bond acceptors (Lipinski definition) is 4. The number of guanidine groups is 1. The monoisotopic (exact) mass is 293 g/mol. The first-order chi connectivity index (χ1) is 10.1. The summed E-state index contributed by atoms with van der Waals surface area (Å²) in [5.41, 5.74) is 5.95. The lowest BCUT2D eigenvalue weighted by Gasteiger charge is -2.16. The van der Waals surface area contributed by atoms with Crippen molar-refractivity contribution in [1.82, 2.24) is 15.5 Å². The van der Waals surface area contributed by atoms with Gasteiger partial charge in [0.05, 0.1) is 6.54 Å². The van der Waals surface area contributed by atoms with Crippen LogP contribution >= 0.6 is 0 Å². The van der Waals surface area contributed by atoms with E-state index in [0.29, 0.717) is 30.9 Å². The molecule has 2 rings (SSSR count). The van der Waals surface area contributed by atoms with Gasteiger partial charge in [0.1, 0.15) is 0 Å². The summed E-state index contributed by atoms with van der Waals surface area (Å²) in [6, 6.07) is 0.479. The second kappa shape index (κ2) is 8.00. The molecule has 0 spiro atoms. The van der Waals surface area contributed by atoms with E-state index < -0.39 is 0 Å². The standard InChI is InChI=1S/C15H27N5O/c1-11(2)14-19-13(21-20-14)9-10-17-15(16)18-12-7-5-3-4-6-8-12/h11-12H,3-10H2,1-2H3,(H3,16,17,18). The van der Waals surface area contributed by atoms with Gasteiger partial charge in [-0.1, -0.05) is 44.7 Å². The SMILES string of the molecule is CC(C)c1noc(CCN=C(N)NC2CCCCCC2)n1. The van der Waals surface area contributed by atoms with Crippen molar-refractivity contribution in [1.29, 1.82) is 0 Å². The fraction of sp³-hybridized carbons (Fsp3) is 0.800. The Morgan fingerprint density at radius 2 is 2.05 bits per heavy atom. The van der Waals surface area contributed by atoms with Gasteiger partial charge in [-0.25, -0.2) is 0 Å². The number of nitrogens with one attached hydrogen (secondary N) is 1. The average Bonchev–Trinajstić information content (AvgIpc) is 2.77. The fourth-order valence-corrected chi connectivity index (χ4v) is 2.55. The highest BCUT2D eigenvalue weighted by Crippen LogP contribution is 2.16. The van der Waals surface area contributed by atoms with Gasteiger partial charge in [-0.15, -0.1) is 0 Å². The first kappa shape index (κ1) is 15.8. The minimum absolute atomic E-state index is 0.285. The summed E-state index contributed by atoms with van der Waals surface area (Å²) >= 11 is 0. The highest BCUT2D eigenvalue weighted by atomic mass is 16.5. The molecule has 1 heterocycles. The number of hydrogen-bond donors (Lipinski definition) is 2. The van der Waals surface area contributed by atoms with Gasteiger partial charge in [0.15, 0.2) is 11.8 Å². The quantitative estimate of drug-likeness (QED) is 0.494. The van der Waals surface area contributed by atoms with Crippen molar-refractivity contribution in [2.45, 2.75) is 70.8 Å². The van der Waals surface area contributed by atoms with Crippen LogP contribution in [-0.2, 0) is 6.42 Å². The van der Waals surface area contributed by atoms with Crippen molar-refractivity contribution < 1.29 is 4.52 Å². The lowest BCUT2D eigenvalue weighted by Crippen LogP contribution is -2.40. The first-order valence-corrected chi connectivity index (χ1v) is 8.04. The Morgan fingerprint density at radius 1 is 1.33 bits per heavy atom. The Kier molecular flexibility index (Phi) is 6.02. The minimum Gasteiger partial charge on any atom is -0.370 e. The van der Waals surface area contributed by atoms with Gasteiger partial charge >= 0.3 is 0 Å². The minimum atomic E-state index is 0.285. The third-order valence-corrected chi connectivity index (χ3v) is 3.82. The molecule has 0 amide bonds. The van der Waals surface area contributed by atoms with Crippen LogP contribution < -0.4 is 11.1 Å². The van der Waals surface area contributed by atoms with E-state index in [2.05, 4.69) is 20.4 Å². The van der Waals surface area contributed by atoms with E-state index in [1.54, 1.807) is 0 Å². The number of nitrogens with zero attached hydrogens (tertiary/aromatic N) is 3. The second-order valence-corrected chi connectivity index (χ2v) is 6.05. The normalized spacial score (nSPS) is 18.0. The predicted molar refractivity (Wildman–Crippen MR) is 83.2 cm³/mol. The molecule has 0 aliphatic heterocycles. The zero-order valence-corrected chi connectivity index (χ0v) is 13.1. The molecule has 0 aromatic carbocycles. The molecular formula is C15H27N5O. The Balaban J connectivity index is 1.74. The molecule has 0 bridgehead atoms. The van der Waals surface area contributed by atoms with E-state index in [0.717, 1.165) is 5.82 Å². The molecule has 1 aromatic rings. The molecule has 1 aromatic heterocycles. The largest absolute Gasteiger partial charge is 0.370 e. The molecule has 0 unspecified atom stereocenters. The maximum atomic E-state index is 5.95. The zero-order valence-electron chi connectivity index (χ0n) is 13.1. The van der Waals surface area contributed by atoms with Crippen LogP contribution in [0, 0.1) is 0 Å². The predicted octanol–water partition coefficient (Wildman–Crippen LogP) is 2.36. The zero-order chi connectivity index (χ0) is 15.1. The first-order valence-electron chi connectivity index (χ1n) is 8.04. The number of aliphatic imine (C=N–C) groups is 1. The van der Waals surface area contributed by atoms with E-state index >= 15 is 0 Å². The molecule has 0 saturated heterocycles. The number of aromatic nitrogens is 2. The van der Waals surface area contributed by atoms with Crippen LogP contribution in [0.3, 0.4) is 0 Å². The van der Waals surface area contributed by atoms with Gasteiger partial charge in [0.25, 0.3) is 0 Å². The Bertz CT molecular complexity index is 447. The van der Waals surface area contributed by atoms with Crippen LogP contribution in [-0.4, -0.2) is 28.7 Å². The van der Waals surface area contributed by atoms with Gasteiger partial charge in [-0.2, -0.15) is 4.98 Å². The molecule has 1 fully saturated rings. The van der Waals surface area contributed by atoms with Crippen LogP contribution in [0.4, 0.5) is 0 Å². The third kappa shape index (κ3) is 5.36. The van der Waals surface area contributed by atoms with Crippen LogP contribution in [0.2, 0.25) is 0 Å². The van der Waals surface area contributed by atoms with Crippen LogP contribution in [0.15, 0.2) is 9.52 Å². The van der Waals surface area contributed by atoms with E-state index in [-0.39, 0.29) is 5.92 Å². The maximum absolute atomic E-state index is 5.95. The van der Waals surface area contributed by atoms with Crippen LogP contribution in [0.1, 0.15) is 70.0 Å². The lowest BCUT2D eigenvalue weighted by atomic mass is 10.1. The Morgan fingerprint density at radius 3 is 2.67 bits per heavy atom. The summed E-state index contributed by atoms with van der Waals surface area (Å²) in [6.45, 7) is 4.66. The van der Waals surface area contributed by atoms with E-state index in [1.165, 1.54) is 38.5 Å². The fourth-order valence-electron chi connectivity index (χ4n) is 2.55. The van der Waals surface area contributed by atoms with Crippen molar-refractivity contribution in [2.24, 2.45) is 10.7 Å². The summed E-state index contributed by atoms with van der Waals surface area (Å²) < 4.78 is 5.18. The number of nitrogens with two attached hydrogens (primary N) is 1. The van der Waals surface area contributed by atoms with Crippen molar-refractivity contribution >= 4 is 5.96 Å². The molecular weight excluding hydrogens is 266 g/mol. The summed E-state index contributed by atoms with van der Waals surface area (Å²) in [7, 11) is 0. The average molecular weight is 293 g/mol. The molecule has 1 aliphatic carbocycles. The number of rotatable bonds is 5. The second-order valence-electron chi connectivity index (χ2n) is 6.05. The van der Waals surface area contributed by atoms with E-state index in [1.807, 2.05) is 13.8 Å². The van der Waals surface area contributed by atoms with Gasteiger partial charge in [0.2, 0.25) is 5.89 Å². The molecule has 3 N–H and O–H groups in total. The lowest BCUT2D eigenvalue weighted by molar-refractivity contribution is 0.372. The highest BCUT2D eigenvalue weighted by Gasteiger charge is 2.12. The maximum Gasteiger partial charge on any atom is 0.228 e. The van der Waals surface area contributed by atoms with Gasteiger partial charge in [0, 0.05) is 18.4 Å². The summed E-state index contributed by atoms with van der Waals surface area (Å²) in [4.78, 5) is 8.68. The van der Waals surface area contributed by atoms with Crippen molar-refractivity contribution in [3.63, 3.8) is 0 Å². The molecule has 118 valence electrons. The van der Waals surface area contributed by atoms with Gasteiger partial charge in [-0.3, -0.25) is 4.99 Å². The van der Waals surface area contributed by atoms with E-state index in [4.69, 9.17) is 10.3 Å². The molecule has 6 nitrogen and oxygen atoms in total. The van der Waals surface area contributed by atoms with Gasteiger partial charge in [-0.05, 0) is 12.8 Å². The van der Waals surface area contributed by atoms with Crippen LogP contribution in [0.25, 0.3) is 0 Å². The van der Waals surface area contributed by atoms with Crippen molar-refractivity contribution in [3.8, 4) is 0 Å². The van der Waals surface area contributed by atoms with E-state index in [9.17, 15) is 0 Å². The molecule has 1 saturated carbocycles. The van der Waals surface area contributed by atoms with Crippen LogP contribution in [0.5, 0.6) is 0 Å². The molecule has 6 heteroatoms. The summed E-state index contributed by atoms with van der Waals surface area (Å²) in [6.07, 6.45) is 8.26. The highest BCUT2D eigenvalue weighted by molar-refractivity contribution is 5.78. The summed E-state index contributed by atoms with van der Waals surface area (Å²) in [5.74, 6) is 2.20. The van der Waals surface area contributed by atoms with Crippen molar-refractivity contribution in [3.05, 3.63) is 11.7 Å². The smallest absolute Gasteiger partial charge is 0.228 e. The molecule has 0 radical (unpaired) electrons. The Hall–Kier alpha value is -1.59. The molecule has 21 heavy (non-hydrogen) atoms. The Labute approximate surface area is 126 Å².